The van der Waals surface area contributed by atoms with E-state index in [4.69, 9.17) is 0 Å². The fraction of sp³-hybridized carbons (Fsp3) is 0.154. The summed E-state index contributed by atoms with van der Waals surface area (Å²) in [5, 5.41) is 5.03. The Morgan fingerprint density at radius 1 is 0.333 bits per heavy atom. The van der Waals surface area contributed by atoms with E-state index in [2.05, 4.69) is 209 Å². The van der Waals surface area contributed by atoms with E-state index in [0.29, 0.717) is 11.8 Å². The summed E-state index contributed by atoms with van der Waals surface area (Å²) in [5.41, 5.74) is 17.7. The Kier molecular flexibility index (Phi) is 8.35. The van der Waals surface area contributed by atoms with Crippen molar-refractivity contribution in [3.8, 4) is 22.3 Å². The normalized spacial score (nSPS) is 11.9. The molecule has 0 atom stereocenters. The first-order valence-corrected chi connectivity index (χ1v) is 19.3. The van der Waals surface area contributed by atoms with Gasteiger partial charge in [0.25, 0.3) is 0 Å². The molecule has 2 nitrogen and oxygen atoms in total. The summed E-state index contributed by atoms with van der Waals surface area (Å²) in [4.78, 5) is 4.89. The molecule has 0 aromatic heterocycles. The molecule has 0 saturated heterocycles. The zero-order valence-corrected chi connectivity index (χ0v) is 32.1. The predicted molar refractivity (Wildman–Crippen MR) is 233 cm³/mol. The van der Waals surface area contributed by atoms with Crippen molar-refractivity contribution in [3.63, 3.8) is 0 Å². The van der Waals surface area contributed by atoms with E-state index in [9.17, 15) is 0 Å². The summed E-state index contributed by atoms with van der Waals surface area (Å²) >= 11 is 0. The van der Waals surface area contributed by atoms with Gasteiger partial charge in [0.1, 0.15) is 0 Å². The molecule has 1 aliphatic rings. The van der Waals surface area contributed by atoms with Crippen molar-refractivity contribution < 1.29 is 0 Å². The summed E-state index contributed by atoms with van der Waals surface area (Å²) in [6.07, 6.45) is 0. The van der Waals surface area contributed by atoms with Crippen LogP contribution in [0.3, 0.4) is 0 Å². The van der Waals surface area contributed by atoms with Crippen LogP contribution in [0.4, 0.5) is 34.1 Å². The van der Waals surface area contributed by atoms with Gasteiger partial charge in [0, 0.05) is 34.1 Å². The van der Waals surface area contributed by atoms with Crippen LogP contribution in [0.1, 0.15) is 61.8 Å². The maximum absolute atomic E-state index is 2.45. The first-order valence-electron chi connectivity index (χ1n) is 19.3. The Morgan fingerprint density at radius 2 is 0.667 bits per heavy atom. The SMILES string of the molecule is Cc1ccccc1N(c1ccc2cc3c(cc2c1)-c1cc2ccc(N(c4ccccc4C)c4ccccc4C(C)C)cc2cc1-3)c1ccccc1C(C)C. The van der Waals surface area contributed by atoms with Gasteiger partial charge in [0.15, 0.2) is 0 Å². The van der Waals surface area contributed by atoms with Crippen LogP contribution >= 0.6 is 0 Å². The second-order valence-electron chi connectivity index (χ2n) is 15.5. The first-order chi connectivity index (χ1) is 26.3. The number of aryl methyl sites for hydroxylation is 2. The summed E-state index contributed by atoms with van der Waals surface area (Å²) in [6, 6.07) is 58.7. The molecule has 0 unspecified atom stereocenters. The number of hydrogen-bond donors (Lipinski definition) is 0. The lowest BCUT2D eigenvalue weighted by Crippen LogP contribution is -2.14. The smallest absolute Gasteiger partial charge is 0.0496 e. The van der Waals surface area contributed by atoms with E-state index in [1.54, 1.807) is 0 Å². The van der Waals surface area contributed by atoms with Crippen molar-refractivity contribution >= 4 is 55.7 Å². The van der Waals surface area contributed by atoms with Crippen molar-refractivity contribution in [2.75, 3.05) is 9.80 Å². The van der Waals surface area contributed by atoms with Crippen molar-refractivity contribution in [1.29, 1.82) is 0 Å². The molecule has 0 radical (unpaired) electrons. The van der Waals surface area contributed by atoms with Crippen molar-refractivity contribution in [1.82, 2.24) is 0 Å². The highest BCUT2D eigenvalue weighted by Crippen LogP contribution is 2.52. The third-order valence-electron chi connectivity index (χ3n) is 11.3. The molecule has 0 N–H and O–H groups in total. The molecule has 1 aliphatic carbocycles. The first kappa shape index (κ1) is 33.7. The molecule has 8 aromatic carbocycles. The molecule has 8 aromatic rings. The second kappa shape index (κ2) is 13.4. The Bertz CT molecular complexity index is 2510. The van der Waals surface area contributed by atoms with Gasteiger partial charge in [0.05, 0.1) is 0 Å². The van der Waals surface area contributed by atoms with E-state index in [-0.39, 0.29) is 0 Å². The number of para-hydroxylation sites is 4. The molecule has 0 fully saturated rings. The molecule has 54 heavy (non-hydrogen) atoms. The van der Waals surface area contributed by atoms with Gasteiger partial charge in [-0.2, -0.15) is 0 Å². The largest absolute Gasteiger partial charge is 0.310 e. The van der Waals surface area contributed by atoms with E-state index in [1.807, 2.05) is 0 Å². The predicted octanol–water partition coefficient (Wildman–Crippen LogP) is 15.4. The number of fused-ring (bicyclic) bond motifs is 6. The third-order valence-corrected chi connectivity index (χ3v) is 11.3. The summed E-state index contributed by atoms with van der Waals surface area (Å²) in [6.45, 7) is 13.5. The molecular weight excluding hydrogens is 653 g/mol. The Hall–Kier alpha value is -6.12. The summed E-state index contributed by atoms with van der Waals surface area (Å²) in [7, 11) is 0. The fourth-order valence-electron chi connectivity index (χ4n) is 8.48. The summed E-state index contributed by atoms with van der Waals surface area (Å²) in [5.74, 6) is 0.799. The average Bonchev–Trinajstić information content (AvgIpc) is 3.18. The standard InChI is InChI=1S/C52H46N2/c1-33(2)43-17-9-13-21-51(43)53(49-19-11-7-15-35(49)5)41-25-23-37-29-45-47(31-39(37)27-41)46-30-38-24-26-42(28-40(38)32-48(45)46)54(50-20-12-8-16-36(50)6)52-22-14-10-18-44(52)34(3)4/h7-34H,1-6H3. The van der Waals surface area contributed by atoms with Gasteiger partial charge >= 0.3 is 0 Å². The van der Waals surface area contributed by atoms with E-state index in [1.165, 1.54) is 100 Å². The van der Waals surface area contributed by atoms with Gasteiger partial charge in [-0.15, -0.1) is 0 Å². The van der Waals surface area contributed by atoms with E-state index < -0.39 is 0 Å². The van der Waals surface area contributed by atoms with Crippen molar-refractivity contribution in [3.05, 3.63) is 180 Å². The quantitative estimate of drug-likeness (QED) is 0.156. The van der Waals surface area contributed by atoms with Crippen LogP contribution < -0.4 is 9.80 Å². The fourth-order valence-corrected chi connectivity index (χ4v) is 8.48. The maximum atomic E-state index is 2.45. The number of rotatable bonds is 8. The Balaban J connectivity index is 1.14. The Labute approximate surface area is 320 Å². The monoisotopic (exact) mass is 698 g/mol. The highest BCUT2D eigenvalue weighted by molar-refractivity contribution is 6.12. The number of hydrogen-bond acceptors (Lipinski definition) is 2. The number of nitrogens with zero attached hydrogens (tertiary/aromatic N) is 2. The van der Waals surface area contributed by atoms with Crippen LogP contribution in [0.15, 0.2) is 158 Å². The molecule has 0 saturated carbocycles. The average molecular weight is 699 g/mol. The van der Waals surface area contributed by atoms with Gasteiger partial charge in [-0.3, -0.25) is 0 Å². The molecule has 2 heteroatoms. The highest BCUT2D eigenvalue weighted by atomic mass is 15.2. The van der Waals surface area contributed by atoms with Crippen LogP contribution in [-0.4, -0.2) is 0 Å². The molecule has 0 spiro atoms. The number of benzene rings is 8. The molecule has 0 amide bonds. The topological polar surface area (TPSA) is 6.48 Å². The lowest BCUT2D eigenvalue weighted by molar-refractivity contribution is 0.864. The minimum atomic E-state index is 0.400. The van der Waals surface area contributed by atoms with E-state index in [0.717, 1.165) is 0 Å². The van der Waals surface area contributed by atoms with Crippen molar-refractivity contribution in [2.24, 2.45) is 0 Å². The molecule has 0 aliphatic heterocycles. The van der Waals surface area contributed by atoms with Crippen LogP contribution in [0.25, 0.3) is 43.8 Å². The van der Waals surface area contributed by atoms with Crippen LogP contribution in [0, 0.1) is 13.8 Å². The zero-order chi connectivity index (χ0) is 37.1. The molecule has 264 valence electrons. The molecule has 9 rings (SSSR count). The van der Waals surface area contributed by atoms with Gasteiger partial charge in [-0.05, 0) is 165 Å². The van der Waals surface area contributed by atoms with Gasteiger partial charge in [-0.1, -0.05) is 113 Å². The van der Waals surface area contributed by atoms with Crippen LogP contribution in [-0.2, 0) is 0 Å². The van der Waals surface area contributed by atoms with Gasteiger partial charge in [-0.25, -0.2) is 0 Å². The van der Waals surface area contributed by atoms with Crippen LogP contribution in [0.5, 0.6) is 0 Å². The zero-order valence-electron chi connectivity index (χ0n) is 32.1. The second-order valence-corrected chi connectivity index (χ2v) is 15.5. The van der Waals surface area contributed by atoms with Gasteiger partial charge < -0.3 is 9.80 Å². The summed E-state index contributed by atoms with van der Waals surface area (Å²) < 4.78 is 0. The Morgan fingerprint density at radius 3 is 1.04 bits per heavy atom. The minimum Gasteiger partial charge on any atom is -0.310 e. The highest BCUT2D eigenvalue weighted by Gasteiger charge is 2.26. The lowest BCUT2D eigenvalue weighted by Gasteiger charge is -2.31. The number of anilines is 6. The van der Waals surface area contributed by atoms with Crippen molar-refractivity contribution in [2.45, 2.75) is 53.4 Å². The van der Waals surface area contributed by atoms with Crippen LogP contribution in [0.2, 0.25) is 0 Å². The van der Waals surface area contributed by atoms with Gasteiger partial charge in [0.2, 0.25) is 0 Å². The maximum Gasteiger partial charge on any atom is 0.0496 e. The molecule has 0 bridgehead atoms. The molecule has 0 heterocycles. The lowest BCUT2D eigenvalue weighted by atomic mass is 9.78. The minimum absolute atomic E-state index is 0.400. The van der Waals surface area contributed by atoms with E-state index >= 15 is 0 Å². The molecular formula is C52H46N2. The third kappa shape index (κ3) is 5.65.